The van der Waals surface area contributed by atoms with Gasteiger partial charge >= 0.3 is 0 Å². The first-order valence-corrected chi connectivity index (χ1v) is 29.9. The second-order valence-electron chi connectivity index (χ2n) is 23.1. The Kier molecular flexibility index (Phi) is 22.0. The number of methoxy groups -OCH3 is 1. The minimum atomic E-state index is -1.85. The Morgan fingerprint density at radius 3 is 2.32 bits per heavy atom. The number of nitrogens with one attached hydrogen (secondary N) is 4. The molecule has 2 saturated heterocycles. The first kappa shape index (κ1) is 66.8. The van der Waals surface area contributed by atoms with E-state index in [9.17, 15) is 29.5 Å². The van der Waals surface area contributed by atoms with E-state index >= 15 is 17.6 Å². The van der Waals surface area contributed by atoms with Gasteiger partial charge in [-0.3, -0.25) is 19.2 Å². The highest BCUT2D eigenvalue weighted by molar-refractivity contribution is 6.33. The number of benzene rings is 4. The average molecular weight is 1280 g/mol. The largest absolute Gasteiger partial charge is 0.495 e. The van der Waals surface area contributed by atoms with E-state index in [4.69, 9.17) is 54.0 Å². The molecule has 0 saturated carbocycles. The molecule has 8 rings (SSSR count). The molecule has 25 heteroatoms. The number of aliphatic hydroxyl groups excluding tert-OH is 1. The molecule has 18 nitrogen and oxygen atoms in total. The molecule has 470 valence electrons. The van der Waals surface area contributed by atoms with Crippen LogP contribution in [0.15, 0.2) is 78.6 Å². The molecule has 0 bridgehead atoms. The Balaban J connectivity index is 0.813. The molecule has 0 radical (unpaired) electrons. The third-order valence-corrected chi connectivity index (χ3v) is 17.0. The molecule has 1 aromatic heterocycles. The topological polar surface area (TPSA) is 224 Å². The fraction of sp³-hybridized carbons (Fsp3) is 0.444. The van der Waals surface area contributed by atoms with Crippen molar-refractivity contribution in [1.29, 1.82) is 5.26 Å². The summed E-state index contributed by atoms with van der Waals surface area (Å²) in [5.41, 5.74) is -2.36. The molecule has 6 atom stereocenters. The SMILES string of the molecule is COc1cc(C(=O)NCCOCCOCCN(C)C(=O)CCNc2nc(N3CCN(C(C)=O)CC3)c3cc(Cl)c(C4=C(F)C=C[C@@H](CO)[C@@H]4C)c(F)c3n2)ccc1NC(=O)[C@@H]1N[C@@H](CC(C)(C)C)[C@](C#N)(c2ccc(Cl)cc2F)[C@H]1c1cccc(Cl)c1F. The Morgan fingerprint density at radius 1 is 0.920 bits per heavy atom. The summed E-state index contributed by atoms with van der Waals surface area (Å²) in [7, 11) is 2.98. The molecule has 5 aromatic rings. The lowest BCUT2D eigenvalue weighted by Gasteiger charge is -2.37. The third kappa shape index (κ3) is 14.8. The summed E-state index contributed by atoms with van der Waals surface area (Å²) >= 11 is 19.2. The number of aliphatic hydroxyl groups is 1. The quantitative estimate of drug-likeness (QED) is 0.0303. The number of carbonyl (C=O) groups excluding carboxylic acids is 4. The predicted molar refractivity (Wildman–Crippen MR) is 330 cm³/mol. The van der Waals surface area contributed by atoms with Gasteiger partial charge in [-0.1, -0.05) is 86.8 Å². The number of aromatic nitrogens is 2. The normalized spacial score (nSPS) is 20.3. The van der Waals surface area contributed by atoms with Crippen LogP contribution >= 0.6 is 34.8 Å². The maximum atomic E-state index is 16.8. The molecule has 2 fully saturated rings. The van der Waals surface area contributed by atoms with Crippen molar-refractivity contribution in [3.05, 3.63) is 133 Å². The molecule has 4 aromatic carbocycles. The first-order chi connectivity index (χ1) is 41.9. The van der Waals surface area contributed by atoms with Crippen LogP contribution in [0.5, 0.6) is 5.75 Å². The van der Waals surface area contributed by atoms with Crippen molar-refractivity contribution >= 4 is 92.4 Å². The van der Waals surface area contributed by atoms with Crippen LogP contribution in [0.1, 0.15) is 80.4 Å². The van der Waals surface area contributed by atoms with Gasteiger partial charge in [-0.15, -0.1) is 0 Å². The fourth-order valence-electron chi connectivity index (χ4n) is 11.6. The van der Waals surface area contributed by atoms with E-state index in [-0.39, 0.29) is 149 Å². The lowest BCUT2D eigenvalue weighted by Crippen LogP contribution is -2.48. The van der Waals surface area contributed by atoms with Crippen molar-refractivity contribution in [1.82, 2.24) is 30.4 Å². The summed E-state index contributed by atoms with van der Waals surface area (Å²) in [6, 6.07) is 14.2. The van der Waals surface area contributed by atoms with Crippen LogP contribution in [-0.4, -0.2) is 154 Å². The molecule has 0 spiro atoms. The van der Waals surface area contributed by atoms with Gasteiger partial charge in [0.2, 0.25) is 23.7 Å². The Labute approximate surface area is 523 Å². The van der Waals surface area contributed by atoms with E-state index in [1.54, 1.807) is 18.9 Å². The summed E-state index contributed by atoms with van der Waals surface area (Å²) in [6.07, 6.45) is 3.02. The van der Waals surface area contributed by atoms with Crippen LogP contribution in [0.3, 0.4) is 0 Å². The van der Waals surface area contributed by atoms with Crippen molar-refractivity contribution in [3.8, 4) is 11.8 Å². The second kappa shape index (κ2) is 29.0. The number of nitrogens with zero attached hydrogens (tertiary/aromatic N) is 6. The molecule has 2 aliphatic heterocycles. The summed E-state index contributed by atoms with van der Waals surface area (Å²) in [5, 5.41) is 33.2. The number of carbonyl (C=O) groups is 4. The van der Waals surface area contributed by atoms with Crippen LogP contribution in [0.2, 0.25) is 15.1 Å². The number of allylic oxidation sites excluding steroid dienone is 3. The zero-order chi connectivity index (χ0) is 63.8. The molecule has 4 amide bonds. The van der Waals surface area contributed by atoms with Gasteiger partial charge in [-0.05, 0) is 71.9 Å². The number of hydrogen-bond donors (Lipinski definition) is 5. The van der Waals surface area contributed by atoms with Crippen LogP contribution in [0.25, 0.3) is 16.5 Å². The van der Waals surface area contributed by atoms with Crippen LogP contribution in [0.4, 0.5) is 35.0 Å². The van der Waals surface area contributed by atoms with Crippen molar-refractivity contribution < 1.29 is 56.1 Å². The van der Waals surface area contributed by atoms with Gasteiger partial charge in [0, 0.05) is 123 Å². The number of ether oxygens (including phenoxy) is 3. The maximum Gasteiger partial charge on any atom is 0.251 e. The number of anilines is 3. The average Bonchev–Trinajstić information content (AvgIpc) is 1.60. The lowest BCUT2D eigenvalue weighted by atomic mass is 9.62. The van der Waals surface area contributed by atoms with Gasteiger partial charge in [0.1, 0.15) is 40.0 Å². The fourth-order valence-corrected chi connectivity index (χ4v) is 12.2. The minimum Gasteiger partial charge on any atom is -0.495 e. The van der Waals surface area contributed by atoms with E-state index in [1.165, 1.54) is 85.7 Å². The number of rotatable bonds is 23. The van der Waals surface area contributed by atoms with E-state index in [2.05, 4.69) is 32.3 Å². The van der Waals surface area contributed by atoms with Gasteiger partial charge < -0.3 is 55.3 Å². The summed E-state index contributed by atoms with van der Waals surface area (Å²) in [5.74, 6) is -6.56. The van der Waals surface area contributed by atoms with Gasteiger partial charge in [0.25, 0.3) is 5.91 Å². The zero-order valence-corrected chi connectivity index (χ0v) is 52.1. The number of likely N-dealkylation sites (N-methyl/N-ethyl adjacent to an activating group) is 1. The molecule has 88 heavy (non-hydrogen) atoms. The monoisotopic (exact) mass is 1280 g/mol. The molecule has 3 heterocycles. The smallest absolute Gasteiger partial charge is 0.251 e. The number of nitriles is 1. The van der Waals surface area contributed by atoms with Crippen molar-refractivity contribution in [2.24, 2.45) is 17.3 Å². The van der Waals surface area contributed by atoms with E-state index in [0.717, 1.165) is 6.07 Å². The molecular weight excluding hydrogens is 1210 g/mol. The second-order valence-corrected chi connectivity index (χ2v) is 24.4. The lowest BCUT2D eigenvalue weighted by molar-refractivity contribution is -0.130. The predicted octanol–water partition coefficient (Wildman–Crippen LogP) is 9.86. The number of piperazine rings is 1. The van der Waals surface area contributed by atoms with Crippen molar-refractivity contribution in [2.75, 3.05) is 109 Å². The van der Waals surface area contributed by atoms with Gasteiger partial charge in [0.05, 0.1) is 61.4 Å². The molecular formula is C63H71Cl3F4N10O8. The summed E-state index contributed by atoms with van der Waals surface area (Å²) < 4.78 is 81.6. The van der Waals surface area contributed by atoms with E-state index in [1.807, 2.05) is 25.7 Å². The summed E-state index contributed by atoms with van der Waals surface area (Å²) in [6.45, 7) is 11.4. The number of hydrogen-bond acceptors (Lipinski definition) is 14. The number of fused-ring (bicyclic) bond motifs is 1. The van der Waals surface area contributed by atoms with E-state index < -0.39 is 75.8 Å². The number of amides is 4. The Hall–Kier alpha value is -7.10. The highest BCUT2D eigenvalue weighted by Gasteiger charge is 2.61. The number of halogens is 7. The molecule has 5 N–H and O–H groups in total. The van der Waals surface area contributed by atoms with Crippen LogP contribution in [-0.2, 0) is 29.3 Å². The Bertz CT molecular complexity index is 3540. The van der Waals surface area contributed by atoms with Crippen LogP contribution < -0.4 is 30.9 Å². The van der Waals surface area contributed by atoms with Gasteiger partial charge in [-0.25, -0.2) is 22.5 Å². The van der Waals surface area contributed by atoms with Crippen molar-refractivity contribution in [3.63, 3.8) is 0 Å². The standard InChI is InChI=1S/C63H71Cl3F4N10O8/c1-35-38(33-81)11-15-45(67)51(35)52-44(66)31-41-56(55(52)70)76-61(77-58(41)80-22-20-79(21-23-80)36(2)82)73-18-17-50(83)78(6)24-26-88-28-27-87-25-19-72-59(84)37-12-16-47(48(29-37)86-7)74-60(85)57-53(40-9-8-10-43(65)54(40)69)63(34-71,49(75-57)32-62(3,4)5)42-14-13-39(64)30-46(42)68/h8-16,29-31,35,38,49,53,57,75,81H,17-28,32-33H2,1-7H3,(H,72,84)(H,74,85)(H,73,76,77)/t35-,38-,49-,53-,57+,63-/m0/s1. The highest BCUT2D eigenvalue weighted by Crippen LogP contribution is 2.53. The zero-order valence-electron chi connectivity index (χ0n) is 49.8. The molecule has 0 unspecified atom stereocenters. The minimum absolute atomic E-state index is 0.0126. The molecule has 1 aliphatic carbocycles. The van der Waals surface area contributed by atoms with Crippen LogP contribution in [0, 0.1) is 46.0 Å². The molecule has 3 aliphatic rings. The maximum absolute atomic E-state index is 16.8. The van der Waals surface area contributed by atoms with Gasteiger partial charge in [-0.2, -0.15) is 10.2 Å². The Morgan fingerprint density at radius 2 is 1.65 bits per heavy atom. The first-order valence-electron chi connectivity index (χ1n) is 28.8. The van der Waals surface area contributed by atoms with Gasteiger partial charge in [0.15, 0.2) is 5.82 Å². The van der Waals surface area contributed by atoms with Crippen molar-refractivity contribution in [2.45, 2.75) is 70.9 Å². The van der Waals surface area contributed by atoms with E-state index in [0.29, 0.717) is 32.0 Å². The highest BCUT2D eigenvalue weighted by atomic mass is 35.5. The third-order valence-electron chi connectivity index (χ3n) is 16.2. The summed E-state index contributed by atoms with van der Waals surface area (Å²) in [4.78, 5) is 67.5.